The minimum absolute atomic E-state index is 0.0639. The lowest BCUT2D eigenvalue weighted by molar-refractivity contribution is -0.384. The Morgan fingerprint density at radius 2 is 2.24 bits per heavy atom. The van der Waals surface area contributed by atoms with Gasteiger partial charge in [0.2, 0.25) is 0 Å². The molecule has 0 atom stereocenters. The SMILES string of the molecule is CC(C)CN1CCCOc2cc([N+](=O)[O-])ccc2NCC1. The quantitative estimate of drug-likeness (QED) is 0.685. The molecule has 0 bridgehead atoms. The molecule has 0 aromatic heterocycles. The normalized spacial score (nSPS) is 16.7. The van der Waals surface area contributed by atoms with E-state index in [4.69, 9.17) is 4.74 Å². The van der Waals surface area contributed by atoms with E-state index in [-0.39, 0.29) is 5.69 Å². The molecule has 1 aliphatic heterocycles. The highest BCUT2D eigenvalue weighted by molar-refractivity contribution is 5.60. The monoisotopic (exact) mass is 293 g/mol. The smallest absolute Gasteiger partial charge is 0.273 e. The summed E-state index contributed by atoms with van der Waals surface area (Å²) in [6.07, 6.45) is 0.925. The van der Waals surface area contributed by atoms with Crippen molar-refractivity contribution in [1.82, 2.24) is 4.90 Å². The van der Waals surface area contributed by atoms with Gasteiger partial charge in [-0.3, -0.25) is 10.1 Å². The second-order valence-electron chi connectivity index (χ2n) is 5.76. The fourth-order valence-corrected chi connectivity index (χ4v) is 2.52. The van der Waals surface area contributed by atoms with Crippen LogP contribution in [0.5, 0.6) is 5.75 Å². The first-order chi connectivity index (χ1) is 10.1. The Kier molecular flexibility index (Phi) is 5.38. The minimum Gasteiger partial charge on any atom is -0.491 e. The highest BCUT2D eigenvalue weighted by Gasteiger charge is 2.14. The second kappa shape index (κ2) is 7.26. The van der Waals surface area contributed by atoms with Crippen LogP contribution in [0.15, 0.2) is 18.2 Å². The highest BCUT2D eigenvalue weighted by Crippen LogP contribution is 2.29. The lowest BCUT2D eigenvalue weighted by Crippen LogP contribution is -2.34. The average molecular weight is 293 g/mol. The van der Waals surface area contributed by atoms with E-state index >= 15 is 0 Å². The number of ether oxygens (including phenoxy) is 1. The topological polar surface area (TPSA) is 67.6 Å². The molecule has 1 aliphatic rings. The molecular formula is C15H23N3O3. The van der Waals surface area contributed by atoms with Crippen molar-refractivity contribution in [3.8, 4) is 5.75 Å². The Balaban J connectivity index is 2.07. The van der Waals surface area contributed by atoms with Crippen LogP contribution in [-0.4, -0.2) is 42.6 Å². The molecule has 0 fully saturated rings. The molecule has 1 aromatic rings. The number of benzene rings is 1. The largest absolute Gasteiger partial charge is 0.491 e. The number of hydrogen-bond donors (Lipinski definition) is 1. The summed E-state index contributed by atoms with van der Waals surface area (Å²) in [5, 5.41) is 14.1. The fraction of sp³-hybridized carbons (Fsp3) is 0.600. The molecule has 116 valence electrons. The fourth-order valence-electron chi connectivity index (χ4n) is 2.52. The number of nitro groups is 1. The zero-order valence-electron chi connectivity index (χ0n) is 12.7. The summed E-state index contributed by atoms with van der Waals surface area (Å²) in [4.78, 5) is 12.9. The van der Waals surface area contributed by atoms with Crippen LogP contribution in [0.1, 0.15) is 20.3 Å². The van der Waals surface area contributed by atoms with E-state index in [2.05, 4.69) is 24.1 Å². The van der Waals surface area contributed by atoms with E-state index in [0.29, 0.717) is 18.3 Å². The lowest BCUT2D eigenvalue weighted by atomic mass is 10.2. The maximum atomic E-state index is 10.8. The molecule has 0 aliphatic carbocycles. The molecule has 6 heteroatoms. The summed E-state index contributed by atoms with van der Waals surface area (Å²) >= 11 is 0. The molecule has 0 saturated heterocycles. The van der Waals surface area contributed by atoms with Gasteiger partial charge >= 0.3 is 0 Å². The van der Waals surface area contributed by atoms with Crippen molar-refractivity contribution in [2.24, 2.45) is 5.92 Å². The van der Waals surface area contributed by atoms with Gasteiger partial charge in [0.1, 0.15) is 5.75 Å². The minimum atomic E-state index is -0.396. The van der Waals surface area contributed by atoms with Crippen LogP contribution in [0, 0.1) is 16.0 Å². The molecule has 21 heavy (non-hydrogen) atoms. The van der Waals surface area contributed by atoms with Crippen LogP contribution in [0.2, 0.25) is 0 Å². The predicted octanol–water partition coefficient (Wildman–Crippen LogP) is 2.75. The average Bonchev–Trinajstić information content (AvgIpc) is 2.43. The van der Waals surface area contributed by atoms with Crippen molar-refractivity contribution in [3.63, 3.8) is 0 Å². The van der Waals surface area contributed by atoms with Gasteiger partial charge in [-0.05, 0) is 18.4 Å². The number of hydrogen-bond acceptors (Lipinski definition) is 5. The second-order valence-corrected chi connectivity index (χ2v) is 5.76. The summed E-state index contributed by atoms with van der Waals surface area (Å²) in [7, 11) is 0. The van der Waals surface area contributed by atoms with Gasteiger partial charge in [-0.2, -0.15) is 0 Å². The molecule has 1 aromatic carbocycles. The molecule has 0 spiro atoms. The van der Waals surface area contributed by atoms with Crippen molar-refractivity contribution >= 4 is 11.4 Å². The van der Waals surface area contributed by atoms with Gasteiger partial charge in [0, 0.05) is 32.2 Å². The van der Waals surface area contributed by atoms with Gasteiger partial charge in [0.25, 0.3) is 5.69 Å². The molecule has 1 heterocycles. The van der Waals surface area contributed by atoms with Crippen LogP contribution in [0.25, 0.3) is 0 Å². The standard InChI is InChI=1S/C15H23N3O3/c1-12(2)11-17-7-3-9-21-15-10-13(18(19)20)4-5-14(15)16-6-8-17/h4-5,10,12,16H,3,6-9,11H2,1-2H3. The van der Waals surface area contributed by atoms with Crippen molar-refractivity contribution in [1.29, 1.82) is 0 Å². The van der Waals surface area contributed by atoms with Gasteiger partial charge in [0.05, 0.1) is 23.3 Å². The van der Waals surface area contributed by atoms with Crippen LogP contribution in [0.3, 0.4) is 0 Å². The molecule has 0 radical (unpaired) electrons. The number of fused-ring (bicyclic) bond motifs is 1. The van der Waals surface area contributed by atoms with E-state index in [1.165, 1.54) is 12.1 Å². The first kappa shape index (κ1) is 15.6. The van der Waals surface area contributed by atoms with Crippen molar-refractivity contribution in [2.75, 3.05) is 38.1 Å². The first-order valence-electron chi connectivity index (χ1n) is 7.43. The molecule has 0 saturated carbocycles. The summed E-state index contributed by atoms with van der Waals surface area (Å²) in [6, 6.07) is 4.73. The molecule has 2 rings (SSSR count). The van der Waals surface area contributed by atoms with E-state index in [1.807, 2.05) is 0 Å². The number of nitrogens with one attached hydrogen (secondary N) is 1. The maximum absolute atomic E-state index is 10.8. The number of nitrogens with zero attached hydrogens (tertiary/aromatic N) is 2. The summed E-state index contributed by atoms with van der Waals surface area (Å²) in [6.45, 7) is 8.85. The van der Waals surface area contributed by atoms with Gasteiger partial charge < -0.3 is 15.0 Å². The Labute approximate surface area is 125 Å². The number of nitro benzene ring substituents is 1. The Morgan fingerprint density at radius 3 is 2.95 bits per heavy atom. The Bertz CT molecular complexity index is 491. The van der Waals surface area contributed by atoms with E-state index < -0.39 is 4.92 Å². The van der Waals surface area contributed by atoms with Gasteiger partial charge in [-0.1, -0.05) is 13.8 Å². The number of anilines is 1. The Morgan fingerprint density at radius 1 is 1.43 bits per heavy atom. The first-order valence-corrected chi connectivity index (χ1v) is 7.43. The molecule has 1 N–H and O–H groups in total. The van der Waals surface area contributed by atoms with Gasteiger partial charge in [-0.25, -0.2) is 0 Å². The van der Waals surface area contributed by atoms with Gasteiger partial charge in [0.15, 0.2) is 0 Å². The van der Waals surface area contributed by atoms with Crippen LogP contribution in [-0.2, 0) is 0 Å². The zero-order valence-corrected chi connectivity index (χ0v) is 12.7. The van der Waals surface area contributed by atoms with E-state index in [1.54, 1.807) is 6.07 Å². The van der Waals surface area contributed by atoms with Crippen molar-refractivity contribution in [2.45, 2.75) is 20.3 Å². The number of non-ortho nitro benzene ring substituents is 1. The molecule has 6 nitrogen and oxygen atoms in total. The van der Waals surface area contributed by atoms with Crippen LogP contribution >= 0.6 is 0 Å². The van der Waals surface area contributed by atoms with Gasteiger partial charge in [-0.15, -0.1) is 0 Å². The third-order valence-electron chi connectivity index (χ3n) is 3.42. The summed E-state index contributed by atoms with van der Waals surface area (Å²) in [5.74, 6) is 1.21. The van der Waals surface area contributed by atoms with Crippen LogP contribution < -0.4 is 10.1 Å². The van der Waals surface area contributed by atoms with E-state index in [0.717, 1.165) is 38.3 Å². The molecular weight excluding hydrogens is 270 g/mol. The third-order valence-corrected chi connectivity index (χ3v) is 3.42. The summed E-state index contributed by atoms with van der Waals surface area (Å²) in [5.41, 5.74) is 0.890. The van der Waals surface area contributed by atoms with E-state index in [9.17, 15) is 10.1 Å². The Hall–Kier alpha value is -1.82. The third kappa shape index (κ3) is 4.60. The maximum Gasteiger partial charge on any atom is 0.273 e. The molecule has 0 unspecified atom stereocenters. The summed E-state index contributed by atoms with van der Waals surface area (Å²) < 4.78 is 5.71. The van der Waals surface area contributed by atoms with Crippen molar-refractivity contribution < 1.29 is 9.66 Å². The zero-order chi connectivity index (χ0) is 15.2. The molecule has 0 amide bonds. The van der Waals surface area contributed by atoms with Crippen molar-refractivity contribution in [3.05, 3.63) is 28.3 Å². The predicted molar refractivity (Wildman–Crippen MR) is 83.0 cm³/mol. The lowest BCUT2D eigenvalue weighted by Gasteiger charge is -2.26. The number of rotatable bonds is 3. The van der Waals surface area contributed by atoms with Crippen LogP contribution in [0.4, 0.5) is 11.4 Å². The highest BCUT2D eigenvalue weighted by atomic mass is 16.6.